The summed E-state index contributed by atoms with van der Waals surface area (Å²) in [5, 5.41) is 0.511. The number of piperidine rings is 1. The first kappa shape index (κ1) is 21.1. The maximum absolute atomic E-state index is 12.9. The van der Waals surface area contributed by atoms with Crippen LogP contribution in [-0.4, -0.2) is 47.6 Å². The Hall–Kier alpha value is -3.75. The third-order valence-corrected chi connectivity index (χ3v) is 6.54. The molecule has 0 spiro atoms. The first-order chi connectivity index (χ1) is 16.1. The van der Waals surface area contributed by atoms with Crippen LogP contribution in [0.4, 0.5) is 0 Å². The zero-order chi connectivity index (χ0) is 22.9. The minimum Gasteiger partial charge on any atom is -0.341 e. The Balaban J connectivity index is 1.26. The molecule has 3 aromatic heterocycles. The highest BCUT2D eigenvalue weighted by molar-refractivity contribution is 5.79. The highest BCUT2D eigenvalue weighted by atomic mass is 16.2. The summed E-state index contributed by atoms with van der Waals surface area (Å²) in [5.74, 6) is 0.198. The molecule has 0 bridgehead atoms. The first-order valence-corrected chi connectivity index (χ1v) is 11.3. The minimum absolute atomic E-state index is 0.0191. The van der Waals surface area contributed by atoms with Gasteiger partial charge in [-0.05, 0) is 49.9 Å². The summed E-state index contributed by atoms with van der Waals surface area (Å²) < 4.78 is 4.89. The number of pyridine rings is 1. The van der Waals surface area contributed by atoms with E-state index in [9.17, 15) is 14.4 Å². The molecule has 0 radical (unpaired) electrons. The summed E-state index contributed by atoms with van der Waals surface area (Å²) in [5.41, 5.74) is 1.95. The minimum atomic E-state index is -0.206. The fraction of sp³-hybridized carbons (Fsp3) is 0.375. The van der Waals surface area contributed by atoms with E-state index in [1.165, 1.54) is 10.9 Å². The number of carbonyl (C=O) groups excluding carboxylic acids is 1. The van der Waals surface area contributed by atoms with Gasteiger partial charge in [0.25, 0.3) is 5.56 Å². The SMILES string of the molecule is CCn1c(=O)n(CC2CCN(C(=O)Cn3cnc4ccccc4c3=O)CC2)c2ncccc21. The van der Waals surface area contributed by atoms with Crippen LogP contribution in [0.1, 0.15) is 19.8 Å². The first-order valence-electron chi connectivity index (χ1n) is 11.3. The van der Waals surface area contributed by atoms with Gasteiger partial charge < -0.3 is 4.90 Å². The van der Waals surface area contributed by atoms with Crippen LogP contribution in [0.25, 0.3) is 22.1 Å². The molecule has 0 atom stereocenters. The zero-order valence-electron chi connectivity index (χ0n) is 18.6. The second kappa shape index (κ2) is 8.65. The van der Waals surface area contributed by atoms with Crippen molar-refractivity contribution in [2.45, 2.75) is 39.4 Å². The van der Waals surface area contributed by atoms with E-state index in [-0.39, 0.29) is 29.6 Å². The van der Waals surface area contributed by atoms with Crippen LogP contribution in [-0.2, 0) is 24.4 Å². The third-order valence-electron chi connectivity index (χ3n) is 6.54. The van der Waals surface area contributed by atoms with E-state index < -0.39 is 0 Å². The molecule has 0 saturated carbocycles. The molecule has 5 rings (SSSR count). The summed E-state index contributed by atoms with van der Waals surface area (Å²) in [6.45, 7) is 4.34. The van der Waals surface area contributed by atoms with E-state index in [1.54, 1.807) is 38.4 Å². The molecule has 1 fully saturated rings. The van der Waals surface area contributed by atoms with Gasteiger partial charge in [0, 0.05) is 32.4 Å². The normalized spacial score (nSPS) is 14.9. The Bertz CT molecular complexity index is 1440. The molecule has 170 valence electrons. The molecule has 0 N–H and O–H groups in total. The molecule has 4 heterocycles. The van der Waals surface area contributed by atoms with E-state index in [0.29, 0.717) is 42.7 Å². The Morgan fingerprint density at radius 2 is 1.82 bits per heavy atom. The summed E-state index contributed by atoms with van der Waals surface area (Å²) in [4.78, 5) is 48.9. The van der Waals surface area contributed by atoms with Gasteiger partial charge in [-0.2, -0.15) is 0 Å². The van der Waals surface area contributed by atoms with Crippen LogP contribution in [0.15, 0.2) is 58.5 Å². The molecule has 1 aliphatic heterocycles. The molecule has 1 amide bonds. The highest BCUT2D eigenvalue weighted by Crippen LogP contribution is 2.21. The number of imidazole rings is 1. The van der Waals surface area contributed by atoms with E-state index >= 15 is 0 Å². The molecular weight excluding hydrogens is 420 g/mol. The number of rotatable bonds is 5. The monoisotopic (exact) mass is 446 g/mol. The van der Waals surface area contributed by atoms with Crippen molar-refractivity contribution in [3.8, 4) is 0 Å². The maximum atomic E-state index is 12.9. The number of carbonyl (C=O) groups is 1. The number of amides is 1. The van der Waals surface area contributed by atoms with E-state index in [1.807, 2.05) is 25.1 Å². The number of hydrogen-bond donors (Lipinski definition) is 0. The van der Waals surface area contributed by atoms with Crippen molar-refractivity contribution in [3.05, 3.63) is 69.8 Å². The van der Waals surface area contributed by atoms with Crippen LogP contribution in [0.2, 0.25) is 0 Å². The molecule has 0 unspecified atom stereocenters. The molecular formula is C24H26N6O3. The van der Waals surface area contributed by atoms with Crippen molar-refractivity contribution in [2.75, 3.05) is 13.1 Å². The fourth-order valence-corrected chi connectivity index (χ4v) is 4.70. The Morgan fingerprint density at radius 1 is 1.03 bits per heavy atom. The predicted molar refractivity (Wildman–Crippen MR) is 125 cm³/mol. The predicted octanol–water partition coefficient (Wildman–Crippen LogP) is 1.87. The molecule has 1 aromatic carbocycles. The second-order valence-electron chi connectivity index (χ2n) is 8.50. The standard InChI is InChI=1S/C24H26N6O3/c1-2-29-20-8-5-11-25-22(20)30(24(29)33)14-17-9-12-27(13-10-17)21(31)15-28-16-26-19-7-4-3-6-18(19)23(28)32/h3-8,11,16-17H,2,9-10,12-15H2,1H3. The average Bonchev–Trinajstić information content (AvgIpc) is 3.12. The van der Waals surface area contributed by atoms with Gasteiger partial charge in [-0.1, -0.05) is 12.1 Å². The molecule has 33 heavy (non-hydrogen) atoms. The Kier molecular flexibility index (Phi) is 5.53. The van der Waals surface area contributed by atoms with Gasteiger partial charge in [0.1, 0.15) is 6.54 Å². The molecule has 9 heteroatoms. The van der Waals surface area contributed by atoms with E-state index in [2.05, 4.69) is 9.97 Å². The number of aryl methyl sites for hydroxylation is 1. The van der Waals surface area contributed by atoms with Gasteiger partial charge in [0.05, 0.1) is 22.7 Å². The van der Waals surface area contributed by atoms with Crippen molar-refractivity contribution < 1.29 is 4.79 Å². The third kappa shape index (κ3) is 3.83. The van der Waals surface area contributed by atoms with Gasteiger partial charge in [-0.15, -0.1) is 0 Å². The quantitative estimate of drug-likeness (QED) is 0.466. The summed E-state index contributed by atoms with van der Waals surface area (Å²) in [7, 11) is 0. The number of benzene rings is 1. The average molecular weight is 447 g/mol. The number of fused-ring (bicyclic) bond motifs is 2. The van der Waals surface area contributed by atoms with E-state index in [0.717, 1.165) is 18.4 Å². The molecule has 1 saturated heterocycles. The van der Waals surface area contributed by atoms with Gasteiger partial charge in [-0.25, -0.2) is 14.8 Å². The number of nitrogens with zero attached hydrogens (tertiary/aromatic N) is 6. The van der Waals surface area contributed by atoms with Crippen molar-refractivity contribution in [1.29, 1.82) is 0 Å². The van der Waals surface area contributed by atoms with Gasteiger partial charge in [0.15, 0.2) is 5.65 Å². The lowest BCUT2D eigenvalue weighted by Gasteiger charge is -2.32. The topological polar surface area (TPSA) is 95.0 Å². The van der Waals surface area contributed by atoms with Crippen molar-refractivity contribution in [2.24, 2.45) is 5.92 Å². The number of likely N-dealkylation sites (tertiary alicyclic amines) is 1. The van der Waals surface area contributed by atoms with Gasteiger partial charge in [-0.3, -0.25) is 23.3 Å². The maximum Gasteiger partial charge on any atom is 0.330 e. The van der Waals surface area contributed by atoms with Gasteiger partial charge >= 0.3 is 5.69 Å². The summed E-state index contributed by atoms with van der Waals surface area (Å²) >= 11 is 0. The van der Waals surface area contributed by atoms with Crippen molar-refractivity contribution in [3.63, 3.8) is 0 Å². The van der Waals surface area contributed by atoms with Crippen LogP contribution in [0.3, 0.4) is 0 Å². The summed E-state index contributed by atoms with van der Waals surface area (Å²) in [6.07, 6.45) is 4.75. The van der Waals surface area contributed by atoms with E-state index in [4.69, 9.17) is 0 Å². The largest absolute Gasteiger partial charge is 0.341 e. The summed E-state index contributed by atoms with van der Waals surface area (Å²) in [6, 6.07) is 10.9. The molecule has 1 aliphatic rings. The Morgan fingerprint density at radius 3 is 2.61 bits per heavy atom. The lowest BCUT2D eigenvalue weighted by atomic mass is 9.96. The van der Waals surface area contributed by atoms with Crippen LogP contribution >= 0.6 is 0 Å². The lowest BCUT2D eigenvalue weighted by Crippen LogP contribution is -2.42. The molecule has 9 nitrogen and oxygen atoms in total. The number of hydrogen-bond acceptors (Lipinski definition) is 5. The van der Waals surface area contributed by atoms with Crippen LogP contribution in [0.5, 0.6) is 0 Å². The number of para-hydroxylation sites is 1. The molecule has 4 aromatic rings. The smallest absolute Gasteiger partial charge is 0.330 e. The van der Waals surface area contributed by atoms with Crippen molar-refractivity contribution >= 4 is 28.0 Å². The molecule has 0 aliphatic carbocycles. The fourth-order valence-electron chi connectivity index (χ4n) is 4.70. The van der Waals surface area contributed by atoms with Crippen molar-refractivity contribution in [1.82, 2.24) is 28.6 Å². The highest BCUT2D eigenvalue weighted by Gasteiger charge is 2.25. The Labute approximate surface area is 189 Å². The lowest BCUT2D eigenvalue weighted by molar-refractivity contribution is -0.133. The van der Waals surface area contributed by atoms with Crippen LogP contribution < -0.4 is 11.2 Å². The number of aromatic nitrogens is 5. The van der Waals surface area contributed by atoms with Crippen LogP contribution in [0, 0.1) is 5.92 Å². The van der Waals surface area contributed by atoms with Gasteiger partial charge in [0.2, 0.25) is 5.91 Å². The second-order valence-corrected chi connectivity index (χ2v) is 8.50. The zero-order valence-corrected chi connectivity index (χ0v) is 18.6.